The first-order valence-corrected chi connectivity index (χ1v) is 10.5. The number of aromatic nitrogens is 2. The summed E-state index contributed by atoms with van der Waals surface area (Å²) >= 11 is 0. The number of benzene rings is 2. The molecule has 1 saturated heterocycles. The first-order chi connectivity index (χ1) is 17.8. The molecule has 0 aliphatic carbocycles. The SMILES string of the molecule is O=C(O)Oc1cn(-c2cc(F)c(N3CCNC3=O)c(F)c2)c(=O)n(Cc2cccc(F)c2C(F)(F)F)c1=O. The van der Waals surface area contributed by atoms with Gasteiger partial charge in [-0.2, -0.15) is 13.2 Å². The molecule has 1 aliphatic rings. The van der Waals surface area contributed by atoms with E-state index in [0.29, 0.717) is 29.0 Å². The number of anilines is 1. The third kappa shape index (κ3) is 4.79. The van der Waals surface area contributed by atoms with E-state index in [2.05, 4.69) is 10.1 Å². The summed E-state index contributed by atoms with van der Waals surface area (Å²) in [6, 6.07) is 2.53. The minimum absolute atomic E-state index is 0.0807. The van der Waals surface area contributed by atoms with Crippen LogP contribution in [-0.4, -0.2) is 39.5 Å². The van der Waals surface area contributed by atoms with E-state index >= 15 is 0 Å². The van der Waals surface area contributed by atoms with Gasteiger partial charge in [0.15, 0.2) is 11.6 Å². The number of alkyl halides is 3. The molecule has 0 radical (unpaired) electrons. The van der Waals surface area contributed by atoms with Gasteiger partial charge in [-0.05, 0) is 11.6 Å². The molecular weight excluding hydrogens is 530 g/mol. The van der Waals surface area contributed by atoms with Crippen molar-refractivity contribution in [3.63, 3.8) is 0 Å². The Morgan fingerprint density at radius 1 is 1.05 bits per heavy atom. The van der Waals surface area contributed by atoms with Gasteiger partial charge in [-0.25, -0.2) is 27.6 Å². The van der Waals surface area contributed by atoms with Gasteiger partial charge >= 0.3 is 24.1 Å². The van der Waals surface area contributed by atoms with Crippen molar-refractivity contribution < 1.29 is 45.8 Å². The number of nitrogens with zero attached hydrogens (tertiary/aromatic N) is 3. The van der Waals surface area contributed by atoms with Crippen LogP contribution in [0.2, 0.25) is 0 Å². The molecule has 2 amide bonds. The second-order valence-corrected chi connectivity index (χ2v) is 7.82. The lowest BCUT2D eigenvalue weighted by molar-refractivity contribution is -0.140. The van der Waals surface area contributed by atoms with Crippen molar-refractivity contribution in [1.82, 2.24) is 14.5 Å². The molecule has 1 fully saturated rings. The van der Waals surface area contributed by atoms with E-state index in [1.807, 2.05) is 0 Å². The summed E-state index contributed by atoms with van der Waals surface area (Å²) in [5.74, 6) is -5.46. The molecule has 2 aromatic carbocycles. The van der Waals surface area contributed by atoms with Crippen molar-refractivity contribution in [1.29, 1.82) is 0 Å². The third-order valence-corrected chi connectivity index (χ3v) is 5.45. The quantitative estimate of drug-likeness (QED) is 0.376. The highest BCUT2D eigenvalue weighted by Gasteiger charge is 2.37. The molecule has 1 aliphatic heterocycles. The number of carbonyl (C=O) groups excluding carboxylic acids is 1. The Morgan fingerprint density at radius 3 is 2.26 bits per heavy atom. The van der Waals surface area contributed by atoms with Crippen LogP contribution in [0.1, 0.15) is 11.1 Å². The lowest BCUT2D eigenvalue weighted by atomic mass is 10.1. The highest BCUT2D eigenvalue weighted by molar-refractivity contribution is 5.94. The molecule has 38 heavy (non-hydrogen) atoms. The number of rotatable bonds is 5. The number of amides is 2. The van der Waals surface area contributed by atoms with Crippen LogP contribution in [0, 0.1) is 17.5 Å². The molecule has 3 aromatic rings. The van der Waals surface area contributed by atoms with E-state index < -0.39 is 81.9 Å². The van der Waals surface area contributed by atoms with Gasteiger partial charge in [-0.1, -0.05) is 12.1 Å². The van der Waals surface area contributed by atoms with E-state index in [1.54, 1.807) is 0 Å². The van der Waals surface area contributed by atoms with Crippen molar-refractivity contribution in [2.75, 3.05) is 18.0 Å². The maximum atomic E-state index is 14.9. The number of ether oxygens (including phenoxy) is 1. The van der Waals surface area contributed by atoms with Gasteiger partial charge in [-0.15, -0.1) is 0 Å². The zero-order valence-corrected chi connectivity index (χ0v) is 18.7. The lowest BCUT2D eigenvalue weighted by Crippen LogP contribution is -2.40. The van der Waals surface area contributed by atoms with E-state index in [9.17, 15) is 45.5 Å². The van der Waals surface area contributed by atoms with Crippen LogP contribution in [0.3, 0.4) is 0 Å². The standard InChI is InChI=1S/C22H14F6N4O6/c23-12-3-1-2-10(16(12)22(26,27)28)8-32-18(33)15(38-21(36)37)9-31(20(32)35)11-6-13(24)17(14(25)7-11)30-5-4-29-19(30)34/h1-3,6-7,9H,4-5,8H2,(H,29,34)(H,36,37). The van der Waals surface area contributed by atoms with Gasteiger partial charge in [0.25, 0.3) is 5.56 Å². The van der Waals surface area contributed by atoms with E-state index in [-0.39, 0.29) is 17.7 Å². The summed E-state index contributed by atoms with van der Waals surface area (Å²) in [6.07, 6.45) is -6.81. The van der Waals surface area contributed by atoms with Crippen LogP contribution < -0.4 is 26.2 Å². The van der Waals surface area contributed by atoms with Gasteiger partial charge < -0.3 is 15.2 Å². The number of hydrogen-bond donors (Lipinski definition) is 2. The van der Waals surface area contributed by atoms with Crippen LogP contribution in [0.5, 0.6) is 5.75 Å². The van der Waals surface area contributed by atoms with Gasteiger partial charge in [-0.3, -0.25) is 18.8 Å². The topological polar surface area (TPSA) is 123 Å². The normalized spacial score (nSPS) is 13.5. The Morgan fingerprint density at radius 2 is 1.71 bits per heavy atom. The molecule has 10 nitrogen and oxygen atoms in total. The minimum Gasteiger partial charge on any atom is -0.449 e. The molecule has 0 unspecified atom stereocenters. The number of carboxylic acid groups (broad SMARTS) is 1. The van der Waals surface area contributed by atoms with Gasteiger partial charge in [0.1, 0.15) is 11.5 Å². The second kappa shape index (κ2) is 9.60. The molecule has 2 heterocycles. The van der Waals surface area contributed by atoms with Crippen molar-refractivity contribution in [2.45, 2.75) is 12.7 Å². The highest BCUT2D eigenvalue weighted by Crippen LogP contribution is 2.34. The zero-order chi connectivity index (χ0) is 27.9. The molecule has 16 heteroatoms. The van der Waals surface area contributed by atoms with Crippen LogP contribution >= 0.6 is 0 Å². The van der Waals surface area contributed by atoms with Gasteiger partial charge in [0.05, 0.1) is 24.0 Å². The van der Waals surface area contributed by atoms with Crippen LogP contribution in [0.15, 0.2) is 46.1 Å². The summed E-state index contributed by atoms with van der Waals surface area (Å²) in [5, 5.41) is 11.3. The van der Waals surface area contributed by atoms with E-state index in [4.69, 9.17) is 5.11 Å². The Kier molecular flexibility index (Phi) is 6.65. The second-order valence-electron chi connectivity index (χ2n) is 7.82. The highest BCUT2D eigenvalue weighted by atomic mass is 19.4. The summed E-state index contributed by atoms with van der Waals surface area (Å²) < 4.78 is 88.9. The monoisotopic (exact) mass is 544 g/mol. The lowest BCUT2D eigenvalue weighted by Gasteiger charge is -2.18. The summed E-state index contributed by atoms with van der Waals surface area (Å²) in [6.45, 7) is -1.19. The minimum atomic E-state index is -5.23. The molecule has 4 rings (SSSR count). The number of carbonyl (C=O) groups is 2. The van der Waals surface area contributed by atoms with Crippen molar-refractivity contribution in [2.24, 2.45) is 0 Å². The molecule has 0 spiro atoms. The van der Waals surface area contributed by atoms with E-state index in [1.165, 1.54) is 0 Å². The number of hydrogen-bond acceptors (Lipinski definition) is 5. The summed E-state index contributed by atoms with van der Waals surface area (Å²) in [5.41, 5.74) is -7.03. The zero-order valence-electron chi connectivity index (χ0n) is 18.7. The van der Waals surface area contributed by atoms with Crippen LogP contribution in [0.4, 0.5) is 41.6 Å². The third-order valence-electron chi connectivity index (χ3n) is 5.45. The van der Waals surface area contributed by atoms with Crippen molar-refractivity contribution in [3.8, 4) is 11.4 Å². The molecular formula is C22H14F6N4O6. The molecule has 200 valence electrons. The fourth-order valence-electron chi connectivity index (χ4n) is 3.89. The van der Waals surface area contributed by atoms with Crippen molar-refractivity contribution in [3.05, 3.63) is 85.9 Å². The number of urea groups is 1. The van der Waals surface area contributed by atoms with Gasteiger partial charge in [0, 0.05) is 25.2 Å². The molecule has 1 aromatic heterocycles. The molecule has 0 saturated carbocycles. The average Bonchev–Trinajstić information content (AvgIpc) is 3.22. The summed E-state index contributed by atoms with van der Waals surface area (Å²) in [4.78, 5) is 49.5. The van der Waals surface area contributed by atoms with Crippen LogP contribution in [0.25, 0.3) is 5.69 Å². The molecule has 0 atom stereocenters. The van der Waals surface area contributed by atoms with Gasteiger partial charge in [0.2, 0.25) is 5.75 Å². The summed E-state index contributed by atoms with van der Waals surface area (Å²) in [7, 11) is 0. The maximum absolute atomic E-state index is 14.9. The van der Waals surface area contributed by atoms with Crippen LogP contribution in [-0.2, 0) is 12.7 Å². The fraction of sp³-hybridized carbons (Fsp3) is 0.182. The number of nitrogens with one attached hydrogen (secondary N) is 1. The first-order valence-electron chi connectivity index (χ1n) is 10.5. The smallest absolute Gasteiger partial charge is 0.449 e. The van der Waals surface area contributed by atoms with Crippen molar-refractivity contribution >= 4 is 17.9 Å². The molecule has 2 N–H and O–H groups in total. The Bertz CT molecular complexity index is 1560. The number of halogens is 6. The average molecular weight is 544 g/mol. The van der Waals surface area contributed by atoms with E-state index in [0.717, 1.165) is 17.0 Å². The Labute approximate surface area is 206 Å². The maximum Gasteiger partial charge on any atom is 0.511 e. The Balaban J connectivity index is 1.91. The predicted molar refractivity (Wildman–Crippen MR) is 116 cm³/mol. The Hall–Kier alpha value is -4.76. The predicted octanol–water partition coefficient (Wildman–Crippen LogP) is 3.07. The fourth-order valence-corrected chi connectivity index (χ4v) is 3.89. The largest absolute Gasteiger partial charge is 0.511 e. The first kappa shape index (κ1) is 26.3. The molecule has 0 bridgehead atoms.